The molecule has 0 aliphatic carbocycles. The Hall–Kier alpha value is -2.43. The molecule has 3 aromatic rings. The van der Waals surface area contributed by atoms with Crippen molar-refractivity contribution in [3.63, 3.8) is 0 Å². The molecule has 3 rings (SSSR count). The molecule has 9 nitrogen and oxygen atoms in total. The van der Waals surface area contributed by atoms with Gasteiger partial charge in [-0.15, -0.1) is 12.4 Å². The highest BCUT2D eigenvalue weighted by atomic mass is 35.5. The number of imidazole rings is 1. The third-order valence-electron chi connectivity index (χ3n) is 3.95. The standard InChI is InChI=1S/C18H24N6O3S.ClH/c1-12(2)10-28(25,26)22-9-15-23-17(16-18(24-15)21-11-20-16)19-8-13-4-6-14(27-3)7-5-13;/h4-7,11-12,22H,8-10H2,1-3H3,(H2,19,20,21,23,24);1H. The number of nitrogens with zero attached hydrogens (tertiary/aromatic N) is 3. The van der Waals surface area contributed by atoms with Crippen LogP contribution >= 0.6 is 12.4 Å². The molecule has 0 unspecified atom stereocenters. The van der Waals surface area contributed by atoms with Gasteiger partial charge in [0.2, 0.25) is 10.0 Å². The van der Waals surface area contributed by atoms with Crippen molar-refractivity contribution in [1.29, 1.82) is 0 Å². The Labute approximate surface area is 176 Å². The van der Waals surface area contributed by atoms with E-state index in [2.05, 4.69) is 30.0 Å². The fourth-order valence-electron chi connectivity index (χ4n) is 2.69. The largest absolute Gasteiger partial charge is 0.497 e. The molecular formula is C18H25ClN6O3S. The minimum atomic E-state index is -3.38. The van der Waals surface area contributed by atoms with Gasteiger partial charge in [0.15, 0.2) is 11.5 Å². The van der Waals surface area contributed by atoms with Crippen LogP contribution in [0.2, 0.25) is 0 Å². The number of benzene rings is 1. The molecule has 0 aliphatic heterocycles. The summed E-state index contributed by atoms with van der Waals surface area (Å²) in [6.45, 7) is 4.25. The molecule has 2 heterocycles. The summed E-state index contributed by atoms with van der Waals surface area (Å²) in [5.41, 5.74) is 2.19. The summed E-state index contributed by atoms with van der Waals surface area (Å²) in [6.07, 6.45) is 1.53. The van der Waals surface area contributed by atoms with Gasteiger partial charge in [-0.2, -0.15) is 0 Å². The number of aromatic amines is 1. The van der Waals surface area contributed by atoms with Gasteiger partial charge in [-0.1, -0.05) is 26.0 Å². The number of ether oxygens (including phenoxy) is 1. The zero-order chi connectivity index (χ0) is 20.1. The average molecular weight is 441 g/mol. The number of halogens is 1. The molecular weight excluding hydrogens is 416 g/mol. The normalized spacial score (nSPS) is 11.4. The lowest BCUT2D eigenvalue weighted by molar-refractivity contribution is 0.414. The molecule has 0 atom stereocenters. The number of nitrogens with one attached hydrogen (secondary N) is 3. The van der Waals surface area contributed by atoms with Crippen LogP contribution in [-0.2, 0) is 23.1 Å². The Bertz CT molecular complexity index is 1040. The minimum Gasteiger partial charge on any atom is -0.497 e. The molecule has 0 saturated heterocycles. The van der Waals surface area contributed by atoms with Crippen LogP contribution in [0.15, 0.2) is 30.6 Å². The van der Waals surface area contributed by atoms with E-state index >= 15 is 0 Å². The van der Waals surface area contributed by atoms with Crippen molar-refractivity contribution in [2.45, 2.75) is 26.9 Å². The van der Waals surface area contributed by atoms with Crippen molar-refractivity contribution in [3.05, 3.63) is 42.0 Å². The van der Waals surface area contributed by atoms with E-state index in [1.54, 1.807) is 7.11 Å². The van der Waals surface area contributed by atoms with Crippen LogP contribution in [0, 0.1) is 5.92 Å². The number of fused-ring (bicyclic) bond motifs is 1. The van der Waals surface area contributed by atoms with Crippen LogP contribution in [0.25, 0.3) is 11.2 Å². The lowest BCUT2D eigenvalue weighted by atomic mass is 10.2. The average Bonchev–Trinajstić information content (AvgIpc) is 3.13. The second-order valence-corrected chi connectivity index (χ2v) is 8.64. The lowest BCUT2D eigenvalue weighted by Gasteiger charge is -2.10. The van der Waals surface area contributed by atoms with E-state index in [1.165, 1.54) is 6.33 Å². The van der Waals surface area contributed by atoms with Gasteiger partial charge in [0, 0.05) is 6.54 Å². The molecule has 0 radical (unpaired) electrons. The molecule has 0 saturated carbocycles. The van der Waals surface area contributed by atoms with Crippen LogP contribution < -0.4 is 14.8 Å². The zero-order valence-corrected chi connectivity index (χ0v) is 18.1. The van der Waals surface area contributed by atoms with Crippen molar-refractivity contribution in [2.24, 2.45) is 5.92 Å². The molecule has 0 fully saturated rings. The summed E-state index contributed by atoms with van der Waals surface area (Å²) in [5, 5.41) is 3.25. The number of hydrogen-bond acceptors (Lipinski definition) is 7. The topological polar surface area (TPSA) is 122 Å². The van der Waals surface area contributed by atoms with Crippen molar-refractivity contribution in [2.75, 3.05) is 18.2 Å². The summed E-state index contributed by atoms with van der Waals surface area (Å²) < 4.78 is 31.8. The van der Waals surface area contributed by atoms with Gasteiger partial charge in [-0.3, -0.25) is 0 Å². The number of aromatic nitrogens is 4. The predicted octanol–water partition coefficient (Wildman–Crippen LogP) is 2.47. The first-order valence-electron chi connectivity index (χ1n) is 8.90. The first kappa shape index (κ1) is 22.9. The van der Waals surface area contributed by atoms with Gasteiger partial charge in [0.25, 0.3) is 0 Å². The molecule has 0 amide bonds. The van der Waals surface area contributed by atoms with Crippen LogP contribution in [0.1, 0.15) is 25.2 Å². The highest BCUT2D eigenvalue weighted by Gasteiger charge is 2.15. The van der Waals surface area contributed by atoms with Crippen molar-refractivity contribution < 1.29 is 13.2 Å². The van der Waals surface area contributed by atoms with Crippen molar-refractivity contribution >= 4 is 39.4 Å². The van der Waals surface area contributed by atoms with Crippen LogP contribution in [-0.4, -0.2) is 41.2 Å². The van der Waals surface area contributed by atoms with Crippen LogP contribution in [0.3, 0.4) is 0 Å². The fraction of sp³-hybridized carbons (Fsp3) is 0.389. The van der Waals surface area contributed by atoms with E-state index in [0.717, 1.165) is 11.3 Å². The minimum absolute atomic E-state index is 0. The van der Waals surface area contributed by atoms with Crippen LogP contribution in [0.4, 0.5) is 5.82 Å². The summed E-state index contributed by atoms with van der Waals surface area (Å²) in [7, 11) is -1.76. The zero-order valence-electron chi connectivity index (χ0n) is 16.5. The quantitative estimate of drug-likeness (QED) is 0.467. The number of H-pyrrole nitrogens is 1. The molecule has 158 valence electrons. The first-order chi connectivity index (χ1) is 13.4. The Kier molecular flexibility index (Phi) is 7.77. The van der Waals surface area contributed by atoms with Gasteiger partial charge < -0.3 is 15.0 Å². The molecule has 3 N–H and O–H groups in total. The lowest BCUT2D eigenvalue weighted by Crippen LogP contribution is -2.29. The van der Waals surface area contributed by atoms with Gasteiger partial charge in [-0.25, -0.2) is 28.1 Å². The highest BCUT2D eigenvalue weighted by molar-refractivity contribution is 7.89. The summed E-state index contributed by atoms with van der Waals surface area (Å²) in [6, 6.07) is 7.68. The van der Waals surface area contributed by atoms with E-state index in [9.17, 15) is 8.42 Å². The third-order valence-corrected chi connectivity index (χ3v) is 5.64. The predicted molar refractivity (Wildman–Crippen MR) is 115 cm³/mol. The van der Waals surface area contributed by atoms with Crippen LogP contribution in [0.5, 0.6) is 5.75 Å². The molecule has 2 aromatic heterocycles. The Balaban J connectivity index is 0.00000300. The molecule has 0 aliphatic rings. The monoisotopic (exact) mass is 440 g/mol. The number of methoxy groups -OCH3 is 1. The Morgan fingerprint density at radius 1 is 1.14 bits per heavy atom. The van der Waals surface area contributed by atoms with E-state index < -0.39 is 10.0 Å². The van der Waals surface area contributed by atoms with E-state index in [4.69, 9.17) is 4.74 Å². The molecule has 1 aromatic carbocycles. The maximum Gasteiger partial charge on any atom is 0.212 e. The second kappa shape index (κ2) is 9.86. The number of hydrogen-bond donors (Lipinski definition) is 3. The fourth-order valence-corrected chi connectivity index (χ4v) is 4.03. The van der Waals surface area contributed by atoms with E-state index in [1.807, 2.05) is 38.1 Å². The second-order valence-electron chi connectivity index (χ2n) is 6.79. The van der Waals surface area contributed by atoms with E-state index in [0.29, 0.717) is 29.4 Å². The molecule has 29 heavy (non-hydrogen) atoms. The van der Waals surface area contributed by atoms with E-state index in [-0.39, 0.29) is 30.6 Å². The molecule has 0 spiro atoms. The Morgan fingerprint density at radius 3 is 2.52 bits per heavy atom. The Morgan fingerprint density at radius 2 is 1.86 bits per heavy atom. The number of sulfonamides is 1. The van der Waals surface area contributed by atoms with Crippen molar-refractivity contribution in [3.8, 4) is 5.75 Å². The maximum atomic E-state index is 12.1. The van der Waals surface area contributed by atoms with Gasteiger partial charge in [0.05, 0.1) is 25.7 Å². The number of rotatable bonds is 9. The van der Waals surface area contributed by atoms with Gasteiger partial charge in [0.1, 0.15) is 17.1 Å². The molecule has 0 bridgehead atoms. The summed E-state index contributed by atoms with van der Waals surface area (Å²) in [5.74, 6) is 1.79. The third kappa shape index (κ3) is 6.28. The molecule has 11 heteroatoms. The summed E-state index contributed by atoms with van der Waals surface area (Å²) in [4.78, 5) is 16.0. The summed E-state index contributed by atoms with van der Waals surface area (Å²) >= 11 is 0. The SMILES string of the molecule is COc1ccc(CNc2nc(CNS(=O)(=O)CC(C)C)nc3[nH]cnc23)cc1.Cl. The van der Waals surface area contributed by atoms with Gasteiger partial charge in [-0.05, 0) is 23.6 Å². The maximum absolute atomic E-state index is 12.1. The number of anilines is 1. The van der Waals surface area contributed by atoms with Gasteiger partial charge >= 0.3 is 0 Å². The first-order valence-corrected chi connectivity index (χ1v) is 10.6. The highest BCUT2D eigenvalue weighted by Crippen LogP contribution is 2.18. The van der Waals surface area contributed by atoms with Crippen molar-refractivity contribution in [1.82, 2.24) is 24.7 Å². The smallest absolute Gasteiger partial charge is 0.212 e.